The fourth-order valence-corrected chi connectivity index (χ4v) is 3.77. The average Bonchev–Trinajstić information content (AvgIpc) is 2.27. The van der Waals surface area contributed by atoms with E-state index in [1.54, 1.807) is 0 Å². The minimum Gasteiger partial charge on any atom is -0.383 e. The maximum absolute atomic E-state index is 12.0. The zero-order chi connectivity index (χ0) is 12.9. The summed E-state index contributed by atoms with van der Waals surface area (Å²) in [6, 6.07) is 0.0671. The molecule has 1 aliphatic heterocycles. The molecule has 1 heterocycles. The number of rotatable bonds is 6. The fraction of sp³-hybridized carbons (Fsp3) is 1.00. The normalized spacial score (nSPS) is 24.8. The standard InChI is InChI=1S/C10H21ClN2O3S/c1-9-5-3-4-6-13(9)17(14,15)12-7-10(11)8-16-2/h9-10,12H,3-8H2,1-2H3. The van der Waals surface area contributed by atoms with Crippen molar-refractivity contribution in [3.8, 4) is 0 Å². The summed E-state index contributed by atoms with van der Waals surface area (Å²) in [6.07, 6.45) is 2.94. The first-order valence-electron chi connectivity index (χ1n) is 5.87. The Labute approximate surface area is 109 Å². The second-order valence-electron chi connectivity index (χ2n) is 4.36. The van der Waals surface area contributed by atoms with Crippen LogP contribution in [0.3, 0.4) is 0 Å². The first kappa shape index (κ1) is 15.2. The zero-order valence-corrected chi connectivity index (χ0v) is 11.9. The molecule has 0 bridgehead atoms. The monoisotopic (exact) mass is 284 g/mol. The molecule has 7 heteroatoms. The maximum atomic E-state index is 12.0. The van der Waals surface area contributed by atoms with Gasteiger partial charge in [-0.3, -0.25) is 0 Å². The molecule has 0 amide bonds. The molecule has 1 N–H and O–H groups in total. The Morgan fingerprint density at radius 1 is 1.53 bits per heavy atom. The summed E-state index contributed by atoms with van der Waals surface area (Å²) in [7, 11) is -1.86. The molecule has 17 heavy (non-hydrogen) atoms. The van der Waals surface area contributed by atoms with Crippen LogP contribution in [0.1, 0.15) is 26.2 Å². The van der Waals surface area contributed by atoms with Gasteiger partial charge in [-0.2, -0.15) is 12.7 Å². The minimum atomic E-state index is -3.40. The van der Waals surface area contributed by atoms with Crippen molar-refractivity contribution in [1.82, 2.24) is 9.03 Å². The molecule has 1 aliphatic rings. The van der Waals surface area contributed by atoms with Crippen LogP contribution in [-0.4, -0.2) is 50.9 Å². The highest BCUT2D eigenvalue weighted by atomic mass is 35.5. The quantitative estimate of drug-likeness (QED) is 0.739. The molecule has 2 atom stereocenters. The number of nitrogens with one attached hydrogen (secondary N) is 1. The van der Waals surface area contributed by atoms with E-state index in [4.69, 9.17) is 16.3 Å². The van der Waals surface area contributed by atoms with Crippen molar-refractivity contribution in [2.45, 2.75) is 37.6 Å². The third kappa shape index (κ3) is 4.71. The Morgan fingerprint density at radius 3 is 2.82 bits per heavy atom. The molecule has 0 aromatic carbocycles. The Bertz CT molecular complexity index is 324. The van der Waals surface area contributed by atoms with E-state index in [9.17, 15) is 8.42 Å². The molecule has 1 rings (SSSR count). The van der Waals surface area contributed by atoms with E-state index in [-0.39, 0.29) is 18.0 Å². The highest BCUT2D eigenvalue weighted by Crippen LogP contribution is 2.19. The predicted molar refractivity (Wildman–Crippen MR) is 68.5 cm³/mol. The molecule has 0 aromatic heterocycles. The SMILES string of the molecule is COCC(Cl)CNS(=O)(=O)N1CCCCC1C. The Morgan fingerprint density at radius 2 is 2.24 bits per heavy atom. The van der Waals surface area contributed by atoms with Gasteiger partial charge in [0.15, 0.2) is 0 Å². The summed E-state index contributed by atoms with van der Waals surface area (Å²) in [4.78, 5) is 0. The number of ether oxygens (including phenoxy) is 1. The van der Waals surface area contributed by atoms with E-state index in [0.717, 1.165) is 19.3 Å². The number of methoxy groups -OCH3 is 1. The first-order chi connectivity index (χ1) is 7.97. The maximum Gasteiger partial charge on any atom is 0.279 e. The number of nitrogens with zero attached hydrogens (tertiary/aromatic N) is 1. The van der Waals surface area contributed by atoms with Gasteiger partial charge >= 0.3 is 0 Å². The second kappa shape index (κ2) is 6.89. The number of hydrogen-bond donors (Lipinski definition) is 1. The molecule has 1 saturated heterocycles. The third-order valence-electron chi connectivity index (χ3n) is 2.89. The Balaban J connectivity index is 2.49. The summed E-state index contributed by atoms with van der Waals surface area (Å²) in [6.45, 7) is 3.06. The molecular weight excluding hydrogens is 264 g/mol. The van der Waals surface area contributed by atoms with Crippen LogP contribution in [0.5, 0.6) is 0 Å². The fourth-order valence-electron chi connectivity index (χ4n) is 1.95. The largest absolute Gasteiger partial charge is 0.383 e. The van der Waals surface area contributed by atoms with E-state index < -0.39 is 10.2 Å². The second-order valence-corrected chi connectivity index (χ2v) is 6.69. The van der Waals surface area contributed by atoms with Gasteiger partial charge in [0.2, 0.25) is 0 Å². The molecule has 5 nitrogen and oxygen atoms in total. The third-order valence-corrected chi connectivity index (χ3v) is 4.86. The molecule has 0 saturated carbocycles. The van der Waals surface area contributed by atoms with Crippen molar-refractivity contribution in [3.63, 3.8) is 0 Å². The van der Waals surface area contributed by atoms with E-state index in [1.807, 2.05) is 6.92 Å². The molecular formula is C10H21ClN2O3S. The number of halogens is 1. The van der Waals surface area contributed by atoms with Crippen molar-refractivity contribution in [3.05, 3.63) is 0 Å². The van der Waals surface area contributed by atoms with E-state index >= 15 is 0 Å². The molecule has 1 fully saturated rings. The number of piperidine rings is 1. The van der Waals surface area contributed by atoms with Crippen LogP contribution in [0, 0.1) is 0 Å². The lowest BCUT2D eigenvalue weighted by molar-refractivity contribution is 0.198. The van der Waals surface area contributed by atoms with E-state index in [2.05, 4.69) is 4.72 Å². The highest BCUT2D eigenvalue weighted by molar-refractivity contribution is 7.87. The first-order valence-corrected chi connectivity index (χ1v) is 7.74. The smallest absolute Gasteiger partial charge is 0.279 e. The van der Waals surface area contributed by atoms with Crippen LogP contribution in [0.15, 0.2) is 0 Å². The molecule has 0 aliphatic carbocycles. The minimum absolute atomic E-state index is 0.0671. The summed E-state index contributed by atoms with van der Waals surface area (Å²) in [5.41, 5.74) is 0. The van der Waals surface area contributed by atoms with Crippen molar-refractivity contribution in [2.75, 3.05) is 26.8 Å². The molecule has 0 radical (unpaired) electrons. The molecule has 0 aromatic rings. The number of hydrogen-bond acceptors (Lipinski definition) is 3. The van der Waals surface area contributed by atoms with Crippen LogP contribution in [-0.2, 0) is 14.9 Å². The van der Waals surface area contributed by atoms with Gasteiger partial charge in [0.1, 0.15) is 0 Å². The van der Waals surface area contributed by atoms with E-state index in [0.29, 0.717) is 13.2 Å². The summed E-state index contributed by atoms with van der Waals surface area (Å²) < 4.78 is 32.9. The van der Waals surface area contributed by atoms with E-state index in [1.165, 1.54) is 11.4 Å². The van der Waals surface area contributed by atoms with Crippen molar-refractivity contribution < 1.29 is 13.2 Å². The average molecular weight is 285 g/mol. The van der Waals surface area contributed by atoms with Crippen LogP contribution >= 0.6 is 11.6 Å². The summed E-state index contributed by atoms with van der Waals surface area (Å²) in [5.74, 6) is 0. The van der Waals surface area contributed by atoms with Crippen LogP contribution < -0.4 is 4.72 Å². The Kier molecular flexibility index (Phi) is 6.16. The summed E-state index contributed by atoms with van der Waals surface area (Å²) in [5, 5.41) is -0.338. The lowest BCUT2D eigenvalue weighted by atomic mass is 10.1. The molecule has 0 spiro atoms. The van der Waals surface area contributed by atoms with Gasteiger partial charge in [0.25, 0.3) is 10.2 Å². The van der Waals surface area contributed by atoms with Gasteiger partial charge in [-0.05, 0) is 19.8 Å². The van der Waals surface area contributed by atoms with Crippen molar-refractivity contribution in [1.29, 1.82) is 0 Å². The van der Waals surface area contributed by atoms with Gasteiger partial charge in [-0.25, -0.2) is 4.72 Å². The van der Waals surface area contributed by atoms with Crippen LogP contribution in [0.4, 0.5) is 0 Å². The van der Waals surface area contributed by atoms with Crippen molar-refractivity contribution >= 4 is 21.8 Å². The summed E-state index contributed by atoms with van der Waals surface area (Å²) >= 11 is 5.89. The van der Waals surface area contributed by atoms with Crippen LogP contribution in [0.25, 0.3) is 0 Å². The van der Waals surface area contributed by atoms with Gasteiger partial charge < -0.3 is 4.74 Å². The van der Waals surface area contributed by atoms with Crippen molar-refractivity contribution in [2.24, 2.45) is 0 Å². The number of alkyl halides is 1. The van der Waals surface area contributed by atoms with Gasteiger partial charge in [0.05, 0.1) is 12.0 Å². The predicted octanol–water partition coefficient (Wildman–Crippen LogP) is 0.949. The van der Waals surface area contributed by atoms with Gasteiger partial charge in [-0.1, -0.05) is 6.42 Å². The lowest BCUT2D eigenvalue weighted by Crippen LogP contribution is -2.49. The van der Waals surface area contributed by atoms with Crippen LogP contribution in [0.2, 0.25) is 0 Å². The zero-order valence-electron chi connectivity index (χ0n) is 10.4. The van der Waals surface area contributed by atoms with Gasteiger partial charge in [-0.15, -0.1) is 11.6 Å². The lowest BCUT2D eigenvalue weighted by Gasteiger charge is -2.32. The molecule has 2 unspecified atom stereocenters. The Hall–Kier alpha value is 0.120. The highest BCUT2D eigenvalue weighted by Gasteiger charge is 2.29. The topological polar surface area (TPSA) is 58.6 Å². The van der Waals surface area contributed by atoms with Gasteiger partial charge in [0, 0.05) is 26.2 Å². The molecule has 102 valence electrons.